The molecule has 1 fully saturated rings. The first kappa shape index (κ1) is 15.4. The molecular formula is C18H29NO. The van der Waals surface area contributed by atoms with Gasteiger partial charge in [0, 0.05) is 12.6 Å². The van der Waals surface area contributed by atoms with E-state index in [4.69, 9.17) is 4.74 Å². The Labute approximate surface area is 123 Å². The molecule has 1 aromatic carbocycles. The smallest absolute Gasteiger partial charge is 0.119 e. The van der Waals surface area contributed by atoms with Crippen LogP contribution < -0.4 is 10.1 Å². The van der Waals surface area contributed by atoms with Crippen molar-refractivity contribution in [1.29, 1.82) is 0 Å². The van der Waals surface area contributed by atoms with Crippen LogP contribution in [0.15, 0.2) is 24.3 Å². The lowest BCUT2D eigenvalue weighted by atomic mass is 9.84. The van der Waals surface area contributed by atoms with Crippen molar-refractivity contribution >= 4 is 0 Å². The van der Waals surface area contributed by atoms with E-state index in [1.807, 2.05) is 0 Å². The fraction of sp³-hybridized carbons (Fsp3) is 0.667. The van der Waals surface area contributed by atoms with Gasteiger partial charge in [-0.05, 0) is 49.8 Å². The van der Waals surface area contributed by atoms with Crippen molar-refractivity contribution in [1.82, 2.24) is 5.32 Å². The third kappa shape index (κ3) is 4.82. The molecule has 0 amide bonds. The van der Waals surface area contributed by atoms with Crippen molar-refractivity contribution in [2.24, 2.45) is 5.92 Å². The molecule has 1 saturated carbocycles. The van der Waals surface area contributed by atoms with E-state index >= 15 is 0 Å². The normalized spacial score (nSPS) is 17.9. The second-order valence-corrected chi connectivity index (χ2v) is 6.06. The molecule has 2 rings (SSSR count). The quantitative estimate of drug-likeness (QED) is 0.789. The van der Waals surface area contributed by atoms with Crippen LogP contribution in [0.3, 0.4) is 0 Å². The van der Waals surface area contributed by atoms with Gasteiger partial charge < -0.3 is 10.1 Å². The summed E-state index contributed by atoms with van der Waals surface area (Å²) in [6.07, 6.45) is 8.13. The van der Waals surface area contributed by atoms with E-state index in [0.717, 1.165) is 31.2 Å². The van der Waals surface area contributed by atoms with E-state index in [1.54, 1.807) is 0 Å². The summed E-state index contributed by atoms with van der Waals surface area (Å²) >= 11 is 0. The molecule has 1 aliphatic carbocycles. The maximum absolute atomic E-state index is 5.61. The lowest BCUT2D eigenvalue weighted by Gasteiger charge is -2.28. The molecule has 0 aromatic heterocycles. The number of nitrogens with one attached hydrogen (secondary N) is 1. The summed E-state index contributed by atoms with van der Waals surface area (Å²) < 4.78 is 5.61. The van der Waals surface area contributed by atoms with Gasteiger partial charge in [-0.15, -0.1) is 0 Å². The largest absolute Gasteiger partial charge is 0.494 e. The molecule has 1 N–H and O–H groups in total. The van der Waals surface area contributed by atoms with Crippen molar-refractivity contribution in [3.8, 4) is 5.75 Å². The number of benzene rings is 1. The zero-order valence-electron chi connectivity index (χ0n) is 13.0. The summed E-state index contributed by atoms with van der Waals surface area (Å²) in [6, 6.07) is 9.14. The molecule has 20 heavy (non-hydrogen) atoms. The Balaban J connectivity index is 1.75. The van der Waals surface area contributed by atoms with E-state index in [0.29, 0.717) is 6.04 Å². The number of ether oxygens (including phenoxy) is 1. The van der Waals surface area contributed by atoms with Crippen LogP contribution in [0.4, 0.5) is 0 Å². The average molecular weight is 275 g/mol. The highest BCUT2D eigenvalue weighted by molar-refractivity contribution is 5.27. The van der Waals surface area contributed by atoms with E-state index in [-0.39, 0.29) is 0 Å². The molecule has 0 radical (unpaired) electrons. The van der Waals surface area contributed by atoms with Crippen molar-refractivity contribution in [2.75, 3.05) is 6.61 Å². The molecule has 0 aliphatic heterocycles. The minimum Gasteiger partial charge on any atom is -0.494 e. The van der Waals surface area contributed by atoms with Gasteiger partial charge in [0.15, 0.2) is 0 Å². The van der Waals surface area contributed by atoms with Gasteiger partial charge in [-0.25, -0.2) is 0 Å². The maximum Gasteiger partial charge on any atom is 0.119 e. The predicted octanol–water partition coefficient (Wildman–Crippen LogP) is 4.53. The highest BCUT2D eigenvalue weighted by atomic mass is 16.5. The highest BCUT2D eigenvalue weighted by Gasteiger charge is 2.19. The Kier molecular flexibility index (Phi) is 6.38. The van der Waals surface area contributed by atoms with Gasteiger partial charge in [0.05, 0.1) is 6.61 Å². The summed E-state index contributed by atoms with van der Waals surface area (Å²) in [5.41, 5.74) is 1.34. The van der Waals surface area contributed by atoms with Gasteiger partial charge in [-0.1, -0.05) is 38.3 Å². The van der Waals surface area contributed by atoms with Crippen LogP contribution in [0.2, 0.25) is 0 Å². The molecule has 0 heterocycles. The van der Waals surface area contributed by atoms with Crippen molar-refractivity contribution in [2.45, 2.75) is 65.0 Å². The van der Waals surface area contributed by atoms with Crippen LogP contribution in [0.25, 0.3) is 0 Å². The number of hydrogen-bond acceptors (Lipinski definition) is 2. The molecule has 1 atom stereocenters. The van der Waals surface area contributed by atoms with E-state index in [2.05, 4.69) is 43.4 Å². The Morgan fingerprint density at radius 1 is 1.15 bits per heavy atom. The molecule has 2 nitrogen and oxygen atoms in total. The highest BCUT2D eigenvalue weighted by Crippen LogP contribution is 2.26. The molecule has 112 valence electrons. The van der Waals surface area contributed by atoms with E-state index in [9.17, 15) is 0 Å². The van der Waals surface area contributed by atoms with Crippen LogP contribution in [-0.4, -0.2) is 12.6 Å². The number of rotatable bonds is 7. The minimum atomic E-state index is 0.631. The predicted molar refractivity (Wildman–Crippen MR) is 85.1 cm³/mol. The van der Waals surface area contributed by atoms with E-state index in [1.165, 1.54) is 37.7 Å². The Morgan fingerprint density at radius 3 is 2.50 bits per heavy atom. The molecular weight excluding hydrogens is 246 g/mol. The summed E-state index contributed by atoms with van der Waals surface area (Å²) in [6.45, 7) is 6.24. The van der Waals surface area contributed by atoms with Crippen molar-refractivity contribution in [3.05, 3.63) is 29.8 Å². The third-order valence-corrected chi connectivity index (χ3v) is 4.38. The second kappa shape index (κ2) is 8.31. The standard InChI is InChI=1S/C18H29NO/c1-3-13-20-18-11-9-16(10-12-18)14-19-15(2)17-7-5-4-6-8-17/h9-12,15,17,19H,3-8,13-14H2,1-2H3/t15-/m0/s1. The third-order valence-electron chi connectivity index (χ3n) is 4.38. The first-order chi connectivity index (χ1) is 9.79. The summed E-state index contributed by atoms with van der Waals surface area (Å²) in [7, 11) is 0. The second-order valence-electron chi connectivity index (χ2n) is 6.06. The molecule has 1 aromatic rings. The van der Waals surface area contributed by atoms with Gasteiger partial charge in [0.2, 0.25) is 0 Å². The fourth-order valence-electron chi connectivity index (χ4n) is 3.00. The van der Waals surface area contributed by atoms with Crippen molar-refractivity contribution in [3.63, 3.8) is 0 Å². The molecule has 0 bridgehead atoms. The zero-order valence-corrected chi connectivity index (χ0v) is 13.0. The maximum atomic E-state index is 5.61. The molecule has 2 heteroatoms. The van der Waals surface area contributed by atoms with Gasteiger partial charge in [0.1, 0.15) is 5.75 Å². The van der Waals surface area contributed by atoms with Crippen LogP contribution >= 0.6 is 0 Å². The monoisotopic (exact) mass is 275 g/mol. The summed E-state index contributed by atoms with van der Waals surface area (Å²) in [5, 5.41) is 3.69. The lowest BCUT2D eigenvalue weighted by molar-refractivity contribution is 0.280. The first-order valence-electron chi connectivity index (χ1n) is 8.24. The van der Waals surface area contributed by atoms with Gasteiger partial charge in [-0.3, -0.25) is 0 Å². The molecule has 0 saturated heterocycles. The molecule has 0 unspecified atom stereocenters. The van der Waals surface area contributed by atoms with Crippen LogP contribution in [-0.2, 0) is 6.54 Å². The fourth-order valence-corrected chi connectivity index (χ4v) is 3.00. The zero-order chi connectivity index (χ0) is 14.2. The SMILES string of the molecule is CCCOc1ccc(CN[C@@H](C)C2CCCCC2)cc1. The van der Waals surface area contributed by atoms with Crippen LogP contribution in [0.5, 0.6) is 5.75 Å². The van der Waals surface area contributed by atoms with Gasteiger partial charge >= 0.3 is 0 Å². The van der Waals surface area contributed by atoms with Gasteiger partial charge in [-0.2, -0.15) is 0 Å². The first-order valence-corrected chi connectivity index (χ1v) is 8.24. The summed E-state index contributed by atoms with van der Waals surface area (Å²) in [4.78, 5) is 0. The van der Waals surface area contributed by atoms with Crippen LogP contribution in [0.1, 0.15) is 57.9 Å². The Hall–Kier alpha value is -1.02. The molecule has 1 aliphatic rings. The van der Waals surface area contributed by atoms with Crippen LogP contribution in [0, 0.1) is 5.92 Å². The lowest BCUT2D eigenvalue weighted by Crippen LogP contribution is -2.34. The Morgan fingerprint density at radius 2 is 1.85 bits per heavy atom. The Bertz CT molecular complexity index is 368. The number of hydrogen-bond donors (Lipinski definition) is 1. The molecule has 0 spiro atoms. The average Bonchev–Trinajstić information content (AvgIpc) is 2.52. The van der Waals surface area contributed by atoms with Crippen molar-refractivity contribution < 1.29 is 4.74 Å². The summed E-state index contributed by atoms with van der Waals surface area (Å²) in [5.74, 6) is 1.85. The van der Waals surface area contributed by atoms with Gasteiger partial charge in [0.25, 0.3) is 0 Å². The minimum absolute atomic E-state index is 0.631. The van der Waals surface area contributed by atoms with E-state index < -0.39 is 0 Å². The topological polar surface area (TPSA) is 21.3 Å².